The minimum absolute atomic E-state index is 0.0136. The van der Waals surface area contributed by atoms with E-state index in [1.165, 1.54) is 0 Å². The van der Waals surface area contributed by atoms with Gasteiger partial charge in [-0.15, -0.1) is 0 Å². The normalized spacial score (nSPS) is 27.2. The molecule has 2 atom stereocenters. The van der Waals surface area contributed by atoms with Gasteiger partial charge in [0.25, 0.3) is 0 Å². The van der Waals surface area contributed by atoms with Gasteiger partial charge in [-0.2, -0.15) is 0 Å². The summed E-state index contributed by atoms with van der Waals surface area (Å²) in [4.78, 5) is 25.6. The van der Waals surface area contributed by atoms with Crippen molar-refractivity contribution in [3.05, 3.63) is 0 Å². The first-order chi connectivity index (χ1) is 9.69. The lowest BCUT2D eigenvalue weighted by molar-refractivity contribution is -0.128. The Morgan fingerprint density at radius 2 is 2.15 bits per heavy atom. The molecule has 0 radical (unpaired) electrons. The first-order valence-corrected chi connectivity index (χ1v) is 7.51. The number of hydrogen-bond acceptors (Lipinski definition) is 4. The molecule has 2 unspecified atom stereocenters. The summed E-state index contributed by atoms with van der Waals surface area (Å²) in [6, 6.07) is 0. The molecule has 0 aromatic heterocycles. The van der Waals surface area contributed by atoms with Crippen molar-refractivity contribution in [3.8, 4) is 0 Å². The third kappa shape index (κ3) is 4.45. The van der Waals surface area contributed by atoms with Gasteiger partial charge in [-0.05, 0) is 32.2 Å². The summed E-state index contributed by atoms with van der Waals surface area (Å²) in [5.74, 6) is 0.118. The standard InChI is InChI=1S/C14H25N3O3/c1-15-14(19)11-4-2-6-17(9-11)10-13(18)16-8-12-5-3-7-20-12/h11-12H,2-10H2,1H3,(H,15,19)(H,16,18). The molecular formula is C14H25N3O3. The van der Waals surface area contributed by atoms with Crippen LogP contribution in [0.4, 0.5) is 0 Å². The van der Waals surface area contributed by atoms with Crippen molar-refractivity contribution in [3.63, 3.8) is 0 Å². The molecule has 2 aliphatic rings. The third-order valence-electron chi connectivity index (χ3n) is 4.04. The zero-order chi connectivity index (χ0) is 14.4. The van der Waals surface area contributed by atoms with Crippen LogP contribution in [0, 0.1) is 5.92 Å². The molecule has 2 rings (SSSR count). The summed E-state index contributed by atoms with van der Waals surface area (Å²) >= 11 is 0. The maximum Gasteiger partial charge on any atom is 0.234 e. The van der Waals surface area contributed by atoms with E-state index in [-0.39, 0.29) is 23.8 Å². The fourth-order valence-corrected chi connectivity index (χ4v) is 2.91. The summed E-state index contributed by atoms with van der Waals surface area (Å²) in [5.41, 5.74) is 0. The van der Waals surface area contributed by atoms with E-state index in [1.54, 1.807) is 7.05 Å². The lowest BCUT2D eigenvalue weighted by atomic mass is 9.97. The average molecular weight is 283 g/mol. The molecule has 0 bridgehead atoms. The predicted octanol–water partition coefficient (Wildman–Crippen LogP) is -0.260. The summed E-state index contributed by atoms with van der Waals surface area (Å²) in [7, 11) is 1.66. The minimum atomic E-state index is 0.0136. The molecule has 114 valence electrons. The van der Waals surface area contributed by atoms with Gasteiger partial charge in [0.15, 0.2) is 0 Å². The summed E-state index contributed by atoms with van der Waals surface area (Å²) in [6.07, 6.45) is 4.17. The van der Waals surface area contributed by atoms with Crippen LogP contribution < -0.4 is 10.6 Å². The van der Waals surface area contributed by atoms with E-state index >= 15 is 0 Å². The third-order valence-corrected chi connectivity index (χ3v) is 4.04. The number of hydrogen-bond donors (Lipinski definition) is 2. The van der Waals surface area contributed by atoms with Crippen LogP contribution in [0.15, 0.2) is 0 Å². The van der Waals surface area contributed by atoms with Crippen molar-refractivity contribution in [1.29, 1.82) is 0 Å². The van der Waals surface area contributed by atoms with Crippen molar-refractivity contribution in [2.45, 2.75) is 31.8 Å². The number of nitrogens with one attached hydrogen (secondary N) is 2. The molecule has 0 spiro atoms. The molecule has 2 fully saturated rings. The maximum atomic E-state index is 11.9. The largest absolute Gasteiger partial charge is 0.376 e. The zero-order valence-electron chi connectivity index (χ0n) is 12.2. The number of carbonyl (C=O) groups is 2. The molecule has 0 aliphatic carbocycles. The number of nitrogens with zero attached hydrogens (tertiary/aromatic N) is 1. The van der Waals surface area contributed by atoms with Crippen LogP contribution in [0.2, 0.25) is 0 Å². The number of ether oxygens (including phenoxy) is 1. The quantitative estimate of drug-likeness (QED) is 0.729. The highest BCUT2D eigenvalue weighted by atomic mass is 16.5. The van der Waals surface area contributed by atoms with E-state index in [1.807, 2.05) is 0 Å². The molecule has 2 saturated heterocycles. The van der Waals surface area contributed by atoms with Crippen LogP contribution in [0.1, 0.15) is 25.7 Å². The Kier molecular flexibility index (Phi) is 5.79. The van der Waals surface area contributed by atoms with Gasteiger partial charge in [0.1, 0.15) is 0 Å². The number of rotatable bonds is 5. The highest BCUT2D eigenvalue weighted by Gasteiger charge is 2.26. The molecule has 2 aliphatic heterocycles. The number of piperidine rings is 1. The molecule has 6 heteroatoms. The smallest absolute Gasteiger partial charge is 0.234 e. The van der Waals surface area contributed by atoms with Crippen molar-refractivity contribution < 1.29 is 14.3 Å². The molecule has 20 heavy (non-hydrogen) atoms. The van der Waals surface area contributed by atoms with E-state index in [0.717, 1.165) is 38.8 Å². The molecule has 2 heterocycles. The molecule has 6 nitrogen and oxygen atoms in total. The monoisotopic (exact) mass is 283 g/mol. The highest BCUT2D eigenvalue weighted by Crippen LogP contribution is 2.16. The van der Waals surface area contributed by atoms with Crippen molar-refractivity contribution in [2.75, 3.05) is 39.8 Å². The van der Waals surface area contributed by atoms with Gasteiger partial charge in [-0.1, -0.05) is 0 Å². The van der Waals surface area contributed by atoms with E-state index < -0.39 is 0 Å². The first-order valence-electron chi connectivity index (χ1n) is 7.51. The summed E-state index contributed by atoms with van der Waals surface area (Å²) < 4.78 is 5.48. The topological polar surface area (TPSA) is 70.7 Å². The number of amides is 2. The molecule has 0 saturated carbocycles. The first kappa shape index (κ1) is 15.3. The van der Waals surface area contributed by atoms with Crippen molar-refractivity contribution in [2.24, 2.45) is 5.92 Å². The molecule has 2 amide bonds. The molecule has 0 aromatic rings. The second kappa shape index (κ2) is 7.59. The summed E-state index contributed by atoms with van der Waals surface area (Å²) in [6.45, 7) is 3.35. The lowest BCUT2D eigenvalue weighted by Crippen LogP contribution is -2.46. The second-order valence-corrected chi connectivity index (χ2v) is 5.63. The Bertz CT molecular complexity index is 343. The Morgan fingerprint density at radius 1 is 1.30 bits per heavy atom. The van der Waals surface area contributed by atoms with Gasteiger partial charge >= 0.3 is 0 Å². The number of carbonyl (C=O) groups excluding carboxylic acids is 2. The van der Waals surface area contributed by atoms with Gasteiger partial charge < -0.3 is 15.4 Å². The lowest BCUT2D eigenvalue weighted by Gasteiger charge is -2.31. The van der Waals surface area contributed by atoms with Gasteiger partial charge in [-0.3, -0.25) is 14.5 Å². The van der Waals surface area contributed by atoms with Crippen LogP contribution in [0.3, 0.4) is 0 Å². The van der Waals surface area contributed by atoms with Gasteiger partial charge in [0.2, 0.25) is 11.8 Å². The minimum Gasteiger partial charge on any atom is -0.376 e. The fourth-order valence-electron chi connectivity index (χ4n) is 2.91. The second-order valence-electron chi connectivity index (χ2n) is 5.63. The number of likely N-dealkylation sites (tertiary alicyclic amines) is 1. The van der Waals surface area contributed by atoms with Crippen LogP contribution in [-0.4, -0.2) is 62.7 Å². The Labute approximate surface area is 120 Å². The van der Waals surface area contributed by atoms with E-state index in [2.05, 4.69) is 15.5 Å². The van der Waals surface area contributed by atoms with Crippen LogP contribution in [0.25, 0.3) is 0 Å². The van der Waals surface area contributed by atoms with Crippen molar-refractivity contribution in [1.82, 2.24) is 15.5 Å². The SMILES string of the molecule is CNC(=O)C1CCCN(CC(=O)NCC2CCCO2)C1. The summed E-state index contributed by atoms with van der Waals surface area (Å²) in [5, 5.41) is 5.61. The Morgan fingerprint density at radius 3 is 2.85 bits per heavy atom. The zero-order valence-corrected chi connectivity index (χ0v) is 12.2. The Hall–Kier alpha value is -1.14. The predicted molar refractivity (Wildman–Crippen MR) is 75.2 cm³/mol. The molecule has 0 aromatic carbocycles. The van der Waals surface area contributed by atoms with Crippen LogP contribution >= 0.6 is 0 Å². The maximum absolute atomic E-state index is 11.9. The highest BCUT2D eigenvalue weighted by molar-refractivity contribution is 5.79. The van der Waals surface area contributed by atoms with Gasteiger partial charge in [-0.25, -0.2) is 0 Å². The van der Waals surface area contributed by atoms with Crippen LogP contribution in [-0.2, 0) is 14.3 Å². The van der Waals surface area contributed by atoms with E-state index in [4.69, 9.17) is 4.74 Å². The van der Waals surface area contributed by atoms with Gasteiger partial charge in [0, 0.05) is 26.7 Å². The molecule has 2 N–H and O–H groups in total. The molecular weight excluding hydrogens is 258 g/mol. The van der Waals surface area contributed by atoms with E-state index in [9.17, 15) is 9.59 Å². The average Bonchev–Trinajstić information content (AvgIpc) is 2.98. The Balaban J connectivity index is 1.68. The fraction of sp³-hybridized carbons (Fsp3) is 0.857. The van der Waals surface area contributed by atoms with Crippen LogP contribution in [0.5, 0.6) is 0 Å². The van der Waals surface area contributed by atoms with Crippen molar-refractivity contribution >= 4 is 11.8 Å². The van der Waals surface area contributed by atoms with Gasteiger partial charge in [0.05, 0.1) is 18.6 Å². The van der Waals surface area contributed by atoms with E-state index in [0.29, 0.717) is 19.6 Å².